The Labute approximate surface area is 207 Å². The zero-order valence-electron chi connectivity index (χ0n) is 21.5. The predicted octanol–water partition coefficient (Wildman–Crippen LogP) is 4.05. The molecule has 4 atom stereocenters. The molecule has 2 saturated heterocycles. The number of hydrogen-bond donors (Lipinski definition) is 2. The van der Waals surface area contributed by atoms with Crippen LogP contribution in [0.25, 0.3) is 0 Å². The summed E-state index contributed by atoms with van der Waals surface area (Å²) in [6.07, 6.45) is -0.410. The molecular formula is C22H46Cl2N4O4. The number of ether oxygens (including phenoxy) is 2. The highest BCUT2D eigenvalue weighted by Crippen LogP contribution is 2.15. The first-order valence-electron chi connectivity index (χ1n) is 11.0. The van der Waals surface area contributed by atoms with Gasteiger partial charge in [-0.2, -0.15) is 0 Å². The molecule has 0 aromatic carbocycles. The molecule has 2 rings (SSSR count). The fourth-order valence-corrected chi connectivity index (χ4v) is 3.19. The summed E-state index contributed by atoms with van der Waals surface area (Å²) in [6, 6.07) is 1.09. The third-order valence-electron chi connectivity index (χ3n) is 4.78. The molecule has 0 aromatic heterocycles. The molecule has 0 spiro atoms. The van der Waals surface area contributed by atoms with E-state index in [1.165, 1.54) is 0 Å². The van der Waals surface area contributed by atoms with Gasteiger partial charge in [-0.15, -0.1) is 24.8 Å². The van der Waals surface area contributed by atoms with Gasteiger partial charge in [0.2, 0.25) is 0 Å². The lowest BCUT2D eigenvalue weighted by atomic mass is 10.1. The quantitative estimate of drug-likeness (QED) is 0.521. The average Bonchev–Trinajstić information content (AvgIpc) is 2.56. The Bertz CT molecular complexity index is 531. The van der Waals surface area contributed by atoms with Crippen molar-refractivity contribution in [3.63, 3.8) is 0 Å². The Morgan fingerprint density at radius 2 is 0.969 bits per heavy atom. The van der Waals surface area contributed by atoms with Crippen molar-refractivity contribution in [3.05, 3.63) is 0 Å². The van der Waals surface area contributed by atoms with Gasteiger partial charge in [-0.25, -0.2) is 9.59 Å². The molecule has 0 aliphatic carbocycles. The first kappa shape index (κ1) is 33.2. The van der Waals surface area contributed by atoms with Crippen LogP contribution in [0.1, 0.15) is 69.2 Å². The van der Waals surface area contributed by atoms with Crippen molar-refractivity contribution < 1.29 is 19.1 Å². The number of halogens is 2. The Hall–Kier alpha value is -0.960. The van der Waals surface area contributed by atoms with Crippen molar-refractivity contribution in [2.45, 2.75) is 105 Å². The standard InChI is InChI=1S/2C11H22N2O2.2ClH/c2*1-8-7-13(9(2)6-12-8)10(14)15-11(3,4)5;;/h2*8-9,12H,6-7H2,1-5H3;2*1H/t2*8-,9+;;/m10../s1. The van der Waals surface area contributed by atoms with Gasteiger partial charge in [-0.3, -0.25) is 0 Å². The fraction of sp³-hybridized carbons (Fsp3) is 0.909. The molecule has 192 valence electrons. The summed E-state index contributed by atoms with van der Waals surface area (Å²) in [7, 11) is 0. The number of hydrogen-bond acceptors (Lipinski definition) is 6. The van der Waals surface area contributed by atoms with Crippen molar-refractivity contribution in [2.24, 2.45) is 0 Å². The molecule has 0 bridgehead atoms. The second kappa shape index (κ2) is 13.7. The lowest BCUT2D eigenvalue weighted by molar-refractivity contribution is 0.00946. The first-order valence-corrected chi connectivity index (χ1v) is 11.0. The van der Waals surface area contributed by atoms with E-state index < -0.39 is 11.2 Å². The van der Waals surface area contributed by atoms with Crippen molar-refractivity contribution >= 4 is 37.0 Å². The van der Waals surface area contributed by atoms with E-state index in [1.807, 2.05) is 55.4 Å². The molecule has 2 heterocycles. The highest BCUT2D eigenvalue weighted by atomic mass is 35.5. The van der Waals surface area contributed by atoms with Crippen LogP contribution in [0.5, 0.6) is 0 Å². The second-order valence-corrected chi connectivity index (χ2v) is 10.6. The predicted molar refractivity (Wildman–Crippen MR) is 134 cm³/mol. The van der Waals surface area contributed by atoms with E-state index in [0.29, 0.717) is 12.1 Å². The maximum absolute atomic E-state index is 11.8. The maximum atomic E-state index is 11.8. The SMILES string of the molecule is C[C@@H]1CN(C(=O)OC(C)(C)C)[C@@H](C)CN1.C[C@@H]1CN[C@@H](C)CN1C(=O)OC(C)(C)C.Cl.Cl. The molecule has 2 fully saturated rings. The molecule has 2 N–H and O–H groups in total. The van der Waals surface area contributed by atoms with Gasteiger partial charge in [0.1, 0.15) is 11.2 Å². The van der Waals surface area contributed by atoms with Crippen molar-refractivity contribution in [2.75, 3.05) is 26.2 Å². The van der Waals surface area contributed by atoms with E-state index in [1.54, 1.807) is 9.80 Å². The van der Waals surface area contributed by atoms with Crippen molar-refractivity contribution in [1.29, 1.82) is 0 Å². The van der Waals surface area contributed by atoms with Crippen LogP contribution in [0.3, 0.4) is 0 Å². The van der Waals surface area contributed by atoms with Crippen LogP contribution in [0.4, 0.5) is 9.59 Å². The van der Waals surface area contributed by atoms with E-state index in [2.05, 4.69) is 24.5 Å². The summed E-state index contributed by atoms with van der Waals surface area (Å²) in [5, 5.41) is 6.66. The molecule has 32 heavy (non-hydrogen) atoms. The number of amides is 2. The van der Waals surface area contributed by atoms with E-state index in [9.17, 15) is 9.59 Å². The van der Waals surface area contributed by atoms with E-state index in [0.717, 1.165) is 26.2 Å². The zero-order chi connectivity index (χ0) is 23.3. The van der Waals surface area contributed by atoms with Crippen molar-refractivity contribution in [3.8, 4) is 0 Å². The number of rotatable bonds is 0. The van der Waals surface area contributed by atoms with Crippen molar-refractivity contribution in [1.82, 2.24) is 20.4 Å². The van der Waals surface area contributed by atoms with Crippen LogP contribution < -0.4 is 10.6 Å². The summed E-state index contributed by atoms with van der Waals surface area (Å²) in [5.74, 6) is 0. The molecule has 10 heteroatoms. The van der Waals surface area contributed by atoms with Gasteiger partial charge in [0.05, 0.1) is 0 Å². The van der Waals surface area contributed by atoms with Crippen LogP contribution in [0.15, 0.2) is 0 Å². The number of carbonyl (C=O) groups is 2. The molecule has 2 aliphatic rings. The van der Waals surface area contributed by atoms with E-state index in [-0.39, 0.29) is 49.1 Å². The van der Waals surface area contributed by atoms with Crippen LogP contribution in [0.2, 0.25) is 0 Å². The molecule has 0 unspecified atom stereocenters. The number of carbonyl (C=O) groups excluding carboxylic acids is 2. The van der Waals surface area contributed by atoms with Gasteiger partial charge in [-0.1, -0.05) is 0 Å². The zero-order valence-corrected chi connectivity index (χ0v) is 23.1. The molecule has 0 aromatic rings. The van der Waals surface area contributed by atoms with E-state index in [4.69, 9.17) is 9.47 Å². The molecule has 0 saturated carbocycles. The minimum Gasteiger partial charge on any atom is -0.444 e. The molecular weight excluding hydrogens is 455 g/mol. The summed E-state index contributed by atoms with van der Waals surface area (Å²) in [6.45, 7) is 22.7. The Morgan fingerprint density at radius 1 is 0.688 bits per heavy atom. The maximum Gasteiger partial charge on any atom is 0.410 e. The van der Waals surface area contributed by atoms with Gasteiger partial charge < -0.3 is 29.9 Å². The highest BCUT2D eigenvalue weighted by molar-refractivity contribution is 5.85. The monoisotopic (exact) mass is 500 g/mol. The normalized spacial score (nSPS) is 25.9. The fourth-order valence-electron chi connectivity index (χ4n) is 3.19. The number of piperazine rings is 2. The topological polar surface area (TPSA) is 83.1 Å². The van der Waals surface area contributed by atoms with E-state index >= 15 is 0 Å². The minimum absolute atomic E-state index is 0. The Kier molecular flexibility index (Phi) is 14.2. The molecule has 0 radical (unpaired) electrons. The van der Waals surface area contributed by atoms with Gasteiger partial charge in [0.15, 0.2) is 0 Å². The lowest BCUT2D eigenvalue weighted by Gasteiger charge is -2.38. The minimum atomic E-state index is -0.412. The molecule has 8 nitrogen and oxygen atoms in total. The second-order valence-electron chi connectivity index (χ2n) is 10.6. The van der Waals surface area contributed by atoms with Crippen LogP contribution in [-0.2, 0) is 9.47 Å². The lowest BCUT2D eigenvalue weighted by Crippen LogP contribution is -2.57. The Balaban J connectivity index is 0. The van der Waals surface area contributed by atoms with Crippen LogP contribution in [-0.4, -0.2) is 83.5 Å². The highest BCUT2D eigenvalue weighted by Gasteiger charge is 2.31. The molecule has 2 amide bonds. The summed E-state index contributed by atoms with van der Waals surface area (Å²) < 4.78 is 10.7. The third kappa shape index (κ3) is 12.3. The number of nitrogens with zero attached hydrogens (tertiary/aromatic N) is 2. The largest absolute Gasteiger partial charge is 0.444 e. The van der Waals surface area contributed by atoms with Gasteiger partial charge in [0.25, 0.3) is 0 Å². The summed E-state index contributed by atoms with van der Waals surface area (Å²) in [4.78, 5) is 27.3. The number of nitrogens with one attached hydrogen (secondary N) is 2. The van der Waals surface area contributed by atoms with Gasteiger partial charge in [-0.05, 0) is 69.2 Å². The molecule has 2 aliphatic heterocycles. The third-order valence-corrected chi connectivity index (χ3v) is 4.78. The summed E-state index contributed by atoms with van der Waals surface area (Å²) >= 11 is 0. The Morgan fingerprint density at radius 3 is 1.22 bits per heavy atom. The summed E-state index contributed by atoms with van der Waals surface area (Å²) in [5.41, 5.74) is -0.824. The first-order chi connectivity index (χ1) is 13.6. The van der Waals surface area contributed by atoms with Gasteiger partial charge in [0, 0.05) is 50.3 Å². The van der Waals surface area contributed by atoms with Gasteiger partial charge >= 0.3 is 12.2 Å². The smallest absolute Gasteiger partial charge is 0.410 e. The average molecular weight is 502 g/mol. The van der Waals surface area contributed by atoms with Crippen LogP contribution >= 0.6 is 24.8 Å². The van der Waals surface area contributed by atoms with Crippen LogP contribution in [0, 0.1) is 0 Å².